The lowest BCUT2D eigenvalue weighted by molar-refractivity contribution is -0.142. The van der Waals surface area contributed by atoms with Crippen LogP contribution in [0.1, 0.15) is 166 Å². The number of Topliss-reactive ketones (excluding diaryl/α,β-unsaturated/α-hetero) is 3. The maximum Gasteiger partial charge on any atom is 0.306 e. The van der Waals surface area contributed by atoms with Crippen molar-refractivity contribution in [2.24, 2.45) is 34.6 Å². The monoisotopic (exact) mass is 1140 g/mol. The van der Waals surface area contributed by atoms with Crippen molar-refractivity contribution in [3.63, 3.8) is 0 Å². The van der Waals surface area contributed by atoms with Gasteiger partial charge in [0.25, 0.3) is 5.91 Å². The van der Waals surface area contributed by atoms with Crippen molar-refractivity contribution in [2.75, 3.05) is 40.8 Å². The summed E-state index contributed by atoms with van der Waals surface area (Å²) < 4.78 is 40.6. The second-order valence-corrected chi connectivity index (χ2v) is 23.5. The van der Waals surface area contributed by atoms with Crippen molar-refractivity contribution in [3.05, 3.63) is 137 Å². The Bertz CT molecular complexity index is 3190. The summed E-state index contributed by atoms with van der Waals surface area (Å²) in [5, 5.41) is 0. The number of nitrogens with zero attached hydrogens (tertiary/aromatic N) is 2. The van der Waals surface area contributed by atoms with E-state index in [1.54, 1.807) is 38.5 Å². The molecule has 4 aliphatic heterocycles. The van der Waals surface area contributed by atoms with Gasteiger partial charge in [0.05, 0.1) is 39.2 Å². The third-order valence-corrected chi connectivity index (χ3v) is 17.2. The number of hydrogen-bond donors (Lipinski definition) is 0. The summed E-state index contributed by atoms with van der Waals surface area (Å²) in [6.07, 6.45) is 21.3. The number of ketones is 3. The highest BCUT2D eigenvalue weighted by molar-refractivity contribution is 6.02. The maximum absolute atomic E-state index is 14.5. The minimum atomic E-state index is -0.270. The Morgan fingerprint density at radius 1 is 0.774 bits per heavy atom. The highest BCUT2D eigenvalue weighted by atomic mass is 16.7. The molecule has 14 nitrogen and oxygen atoms in total. The fourth-order valence-corrected chi connectivity index (χ4v) is 12.2. The SMILES string of the molecule is C=CCOC(=O)CCCC(C(=O)CCCC(C)C(=O)CCc1ccc(C2=CC3CCC(=O)c4cc(OC)c(OCCCOc5cc6c(cc5OC)C(=O)N5C=C(c7ccc8c(c7)OCO8)CC5C=CCC6C)cc4N=CC(C2)C3)cc1)C(C)C. The van der Waals surface area contributed by atoms with Crippen LogP contribution in [0, 0.1) is 29.6 Å². The zero-order valence-electron chi connectivity index (χ0n) is 49.8. The molecule has 4 aromatic carbocycles. The van der Waals surface area contributed by atoms with E-state index in [0.29, 0.717) is 129 Å². The van der Waals surface area contributed by atoms with Gasteiger partial charge in [0.2, 0.25) is 6.79 Å². The number of methoxy groups -OCH3 is 2. The quantitative estimate of drug-likeness (QED) is 0.0332. The van der Waals surface area contributed by atoms with Gasteiger partial charge < -0.3 is 38.1 Å². The number of benzene rings is 4. The van der Waals surface area contributed by atoms with E-state index in [0.717, 1.165) is 52.8 Å². The van der Waals surface area contributed by atoms with Crippen LogP contribution in [-0.2, 0) is 25.5 Å². The highest BCUT2D eigenvalue weighted by Gasteiger charge is 2.34. The molecule has 0 radical (unpaired) electrons. The first kappa shape index (κ1) is 60.8. The molecule has 0 saturated heterocycles. The summed E-state index contributed by atoms with van der Waals surface area (Å²) in [6, 6.07) is 21.6. The minimum Gasteiger partial charge on any atom is -0.493 e. The zero-order chi connectivity index (χ0) is 59.3. The molecule has 444 valence electrons. The number of esters is 1. The Morgan fingerprint density at radius 3 is 2.25 bits per heavy atom. The van der Waals surface area contributed by atoms with Gasteiger partial charge in [-0.2, -0.15) is 0 Å². The van der Waals surface area contributed by atoms with E-state index in [1.165, 1.54) is 5.57 Å². The smallest absolute Gasteiger partial charge is 0.306 e. The van der Waals surface area contributed by atoms with Gasteiger partial charge in [0.1, 0.15) is 18.2 Å². The molecule has 4 aromatic rings. The van der Waals surface area contributed by atoms with E-state index in [1.807, 2.05) is 62.4 Å². The summed E-state index contributed by atoms with van der Waals surface area (Å²) >= 11 is 0. The van der Waals surface area contributed by atoms with Crippen molar-refractivity contribution < 1.29 is 57.1 Å². The lowest BCUT2D eigenvalue weighted by atomic mass is 9.78. The van der Waals surface area contributed by atoms with E-state index in [-0.39, 0.29) is 90.6 Å². The number of carbonyl (C=O) groups is 5. The third kappa shape index (κ3) is 15.1. The van der Waals surface area contributed by atoms with Crippen LogP contribution in [0.4, 0.5) is 5.69 Å². The largest absolute Gasteiger partial charge is 0.493 e. The molecule has 1 aliphatic carbocycles. The lowest BCUT2D eigenvalue weighted by Crippen LogP contribution is -2.32. The summed E-state index contributed by atoms with van der Waals surface area (Å²) in [6.45, 7) is 12.7. The predicted molar refractivity (Wildman–Crippen MR) is 326 cm³/mol. The fourth-order valence-electron chi connectivity index (χ4n) is 12.2. The lowest BCUT2D eigenvalue weighted by Gasteiger charge is -2.27. The van der Waals surface area contributed by atoms with Crippen LogP contribution in [0.15, 0.2) is 109 Å². The molecule has 0 fully saturated rings. The number of aryl methyl sites for hydroxylation is 1. The van der Waals surface area contributed by atoms with Crippen molar-refractivity contribution in [1.29, 1.82) is 0 Å². The number of ether oxygens (including phenoxy) is 7. The highest BCUT2D eigenvalue weighted by Crippen LogP contribution is 2.44. The first-order chi connectivity index (χ1) is 40.7. The second-order valence-electron chi connectivity index (χ2n) is 23.5. The molecule has 4 heterocycles. The van der Waals surface area contributed by atoms with Crippen molar-refractivity contribution in [3.8, 4) is 34.5 Å². The number of aliphatic imine (C=N–C) groups is 1. The van der Waals surface area contributed by atoms with Crippen LogP contribution in [0.2, 0.25) is 0 Å². The molecule has 1 amide bonds. The van der Waals surface area contributed by atoms with Gasteiger partial charge in [0, 0.05) is 73.5 Å². The van der Waals surface area contributed by atoms with Crippen LogP contribution < -0.4 is 28.4 Å². The van der Waals surface area contributed by atoms with Crippen LogP contribution in [0.3, 0.4) is 0 Å². The van der Waals surface area contributed by atoms with Gasteiger partial charge in [-0.25, -0.2) is 0 Å². The van der Waals surface area contributed by atoms with E-state index in [2.05, 4.69) is 56.0 Å². The average molecular weight is 1140 g/mol. The fraction of sp³-hybridized carbons (Fsp3) is 0.457. The molecular weight excluding hydrogens is 1060 g/mol. The van der Waals surface area contributed by atoms with E-state index < -0.39 is 0 Å². The molecule has 5 aliphatic rings. The second kappa shape index (κ2) is 28.7. The van der Waals surface area contributed by atoms with Crippen molar-refractivity contribution in [1.82, 2.24) is 4.90 Å². The molecule has 0 saturated carbocycles. The van der Waals surface area contributed by atoms with Crippen LogP contribution in [0.5, 0.6) is 34.5 Å². The van der Waals surface area contributed by atoms with Gasteiger partial charge in [-0.15, -0.1) is 0 Å². The Labute approximate surface area is 495 Å². The molecule has 0 spiro atoms. The van der Waals surface area contributed by atoms with E-state index >= 15 is 0 Å². The molecule has 6 atom stereocenters. The molecule has 6 unspecified atom stereocenters. The number of carbonyl (C=O) groups excluding carboxylic acids is 5. The van der Waals surface area contributed by atoms with Crippen LogP contribution in [-0.4, -0.2) is 87.2 Å². The van der Waals surface area contributed by atoms with Gasteiger partial charge in [-0.3, -0.25) is 29.0 Å². The summed E-state index contributed by atoms with van der Waals surface area (Å²) in [4.78, 5) is 73.5. The Balaban J connectivity index is 0.767. The number of allylic oxidation sites excluding steroid dienone is 3. The first-order valence-corrected chi connectivity index (χ1v) is 30.2. The van der Waals surface area contributed by atoms with Crippen molar-refractivity contribution in [2.45, 2.75) is 136 Å². The van der Waals surface area contributed by atoms with Crippen molar-refractivity contribution >= 4 is 52.3 Å². The van der Waals surface area contributed by atoms with Gasteiger partial charge >= 0.3 is 5.97 Å². The number of amides is 1. The number of fused-ring (bicyclic) bond motifs is 6. The summed E-state index contributed by atoms with van der Waals surface area (Å²) in [7, 11) is 3.15. The first-order valence-electron chi connectivity index (χ1n) is 30.2. The molecule has 9 rings (SSSR count). The molecular formula is C70H82N2O12. The van der Waals surface area contributed by atoms with Gasteiger partial charge in [0.15, 0.2) is 40.3 Å². The minimum absolute atomic E-state index is 0.00368. The standard InChI is InChI=1S/C70H82N2O12/c1-8-29-82-69(76)18-11-16-55(44(2)3)61(74)17-10-14-46(5)60(73)26-21-47-19-23-50(24-20-47)52-33-48-22-27-62(75)58-39-65(79-7)68(40-59(58)71-41-49(32-48)34-52)81-31-12-30-80-67-37-56-45(4)13-9-15-54-35-53(51-25-28-63-66(36-51)84-43-83-63)42-72(54)70(77)57(56)38-64(67)78-6/h8-9,15,19-20,23-25,28,33,36-42,44-46,48-49,54-55H,1,10-14,16-18,21-22,26-27,29-32,34-35,43H2,2-7H3. The van der Waals surface area contributed by atoms with E-state index in [4.69, 9.17) is 38.2 Å². The molecule has 0 aromatic heterocycles. The van der Waals surface area contributed by atoms with Crippen LogP contribution >= 0.6 is 0 Å². The third-order valence-electron chi connectivity index (χ3n) is 17.2. The predicted octanol–water partition coefficient (Wildman–Crippen LogP) is 14.4. The van der Waals surface area contributed by atoms with Gasteiger partial charge in [-0.05, 0) is 152 Å². The summed E-state index contributed by atoms with van der Waals surface area (Å²) in [5.74, 6) is 3.79. The Hall–Kier alpha value is -7.74. The number of rotatable bonds is 26. The molecule has 0 N–H and O–H groups in total. The molecule has 14 heteroatoms. The Morgan fingerprint density at radius 2 is 1.50 bits per heavy atom. The van der Waals surface area contributed by atoms with Gasteiger partial charge in [-0.1, -0.05) is 88.9 Å². The Kier molecular flexibility index (Phi) is 20.8. The topological polar surface area (TPSA) is 166 Å². The summed E-state index contributed by atoms with van der Waals surface area (Å²) in [5.41, 5.74) is 8.03. The maximum atomic E-state index is 14.5. The molecule has 84 heavy (non-hydrogen) atoms. The normalized spacial score (nSPS) is 19.5. The van der Waals surface area contributed by atoms with Crippen LogP contribution in [0.25, 0.3) is 11.1 Å². The molecule has 2 bridgehead atoms. The van der Waals surface area contributed by atoms with E-state index in [9.17, 15) is 24.0 Å². The zero-order valence-corrected chi connectivity index (χ0v) is 49.8. The average Bonchev–Trinajstić information content (AvgIpc) is 3.61. The number of hydrogen-bond acceptors (Lipinski definition) is 13.